The van der Waals surface area contributed by atoms with E-state index in [2.05, 4.69) is 15.9 Å². The van der Waals surface area contributed by atoms with E-state index in [9.17, 15) is 5.11 Å². The topological polar surface area (TPSA) is 51.2 Å². The normalized spacial score (nSPS) is 11.0. The Morgan fingerprint density at radius 3 is 2.93 bits per heavy atom. The van der Waals surface area contributed by atoms with Gasteiger partial charge in [0.25, 0.3) is 0 Å². The van der Waals surface area contributed by atoms with Crippen LogP contribution in [0.5, 0.6) is 5.75 Å². The second-order valence-electron chi connectivity index (χ2n) is 3.13. The fourth-order valence-corrected chi connectivity index (χ4v) is 2.26. The molecule has 4 heteroatoms. The molecule has 1 heterocycles. The second-order valence-corrected chi connectivity index (χ2v) is 3.98. The number of phenolic OH excluding ortho intramolecular Hbond substituents is 1. The Morgan fingerprint density at radius 1 is 1.43 bits per heavy atom. The molecule has 0 aliphatic rings. The lowest BCUT2D eigenvalue weighted by atomic mass is 10.2. The molecule has 0 radical (unpaired) electrons. The summed E-state index contributed by atoms with van der Waals surface area (Å²) in [6, 6.07) is 5.48. The molecule has 0 spiro atoms. The van der Waals surface area contributed by atoms with Crippen molar-refractivity contribution in [1.29, 1.82) is 0 Å². The molecule has 74 valence electrons. The SMILES string of the molecule is NCCn1cc(Br)c2c(O)cccc21. The van der Waals surface area contributed by atoms with Gasteiger partial charge >= 0.3 is 0 Å². The van der Waals surface area contributed by atoms with Crippen LogP contribution in [0.1, 0.15) is 0 Å². The summed E-state index contributed by atoms with van der Waals surface area (Å²) < 4.78 is 2.93. The van der Waals surface area contributed by atoms with Gasteiger partial charge in [-0.1, -0.05) is 6.07 Å². The van der Waals surface area contributed by atoms with Crippen LogP contribution in [0.25, 0.3) is 10.9 Å². The zero-order chi connectivity index (χ0) is 10.1. The van der Waals surface area contributed by atoms with Crippen molar-refractivity contribution in [2.45, 2.75) is 6.54 Å². The Morgan fingerprint density at radius 2 is 2.21 bits per heavy atom. The third kappa shape index (κ3) is 1.40. The predicted octanol–water partition coefficient (Wildman–Crippen LogP) is 2.07. The molecule has 0 amide bonds. The first-order chi connectivity index (χ1) is 6.74. The summed E-state index contributed by atoms with van der Waals surface area (Å²) in [5, 5.41) is 10.5. The van der Waals surface area contributed by atoms with Crippen molar-refractivity contribution in [2.24, 2.45) is 5.73 Å². The summed E-state index contributed by atoms with van der Waals surface area (Å²) in [6.07, 6.45) is 1.94. The predicted molar refractivity (Wildman–Crippen MR) is 60.4 cm³/mol. The van der Waals surface area contributed by atoms with Gasteiger partial charge in [0.15, 0.2) is 0 Å². The smallest absolute Gasteiger partial charge is 0.126 e. The van der Waals surface area contributed by atoms with E-state index in [0.29, 0.717) is 12.3 Å². The number of nitrogens with zero attached hydrogens (tertiary/aromatic N) is 1. The molecular formula is C10H11BrN2O. The van der Waals surface area contributed by atoms with Crippen LogP contribution in [0.3, 0.4) is 0 Å². The maximum absolute atomic E-state index is 9.66. The van der Waals surface area contributed by atoms with Gasteiger partial charge in [0.05, 0.1) is 10.9 Å². The number of phenols is 1. The lowest BCUT2D eigenvalue weighted by Crippen LogP contribution is -2.08. The van der Waals surface area contributed by atoms with E-state index < -0.39 is 0 Å². The Labute approximate surface area is 90.3 Å². The number of aromatic nitrogens is 1. The van der Waals surface area contributed by atoms with Crippen molar-refractivity contribution in [3.8, 4) is 5.75 Å². The van der Waals surface area contributed by atoms with Crippen LogP contribution in [0.2, 0.25) is 0 Å². The van der Waals surface area contributed by atoms with Crippen LogP contribution < -0.4 is 5.73 Å². The third-order valence-electron chi connectivity index (χ3n) is 2.21. The maximum Gasteiger partial charge on any atom is 0.126 e. The third-order valence-corrected chi connectivity index (χ3v) is 2.81. The van der Waals surface area contributed by atoms with Crippen molar-refractivity contribution in [3.63, 3.8) is 0 Å². The maximum atomic E-state index is 9.66. The van der Waals surface area contributed by atoms with Crippen LogP contribution in [-0.2, 0) is 6.54 Å². The van der Waals surface area contributed by atoms with Crippen molar-refractivity contribution in [1.82, 2.24) is 4.57 Å². The minimum Gasteiger partial charge on any atom is -0.507 e. The zero-order valence-electron chi connectivity index (χ0n) is 7.57. The summed E-state index contributed by atoms with van der Waals surface area (Å²) in [5.74, 6) is 0.296. The molecule has 2 aromatic rings. The highest BCUT2D eigenvalue weighted by Crippen LogP contribution is 2.32. The van der Waals surface area contributed by atoms with Crippen LogP contribution in [0.4, 0.5) is 0 Å². The summed E-state index contributed by atoms with van der Waals surface area (Å²) in [5.41, 5.74) is 6.50. The molecule has 3 nitrogen and oxygen atoms in total. The Kier molecular flexibility index (Phi) is 2.48. The van der Waals surface area contributed by atoms with E-state index in [4.69, 9.17) is 5.73 Å². The number of rotatable bonds is 2. The fourth-order valence-electron chi connectivity index (χ4n) is 1.61. The molecule has 0 fully saturated rings. The van der Waals surface area contributed by atoms with Crippen LogP contribution in [0.15, 0.2) is 28.9 Å². The molecule has 0 saturated carbocycles. The van der Waals surface area contributed by atoms with Crippen molar-refractivity contribution < 1.29 is 5.11 Å². The number of aromatic hydroxyl groups is 1. The molecule has 0 atom stereocenters. The van der Waals surface area contributed by atoms with E-state index in [1.54, 1.807) is 6.07 Å². The highest BCUT2D eigenvalue weighted by atomic mass is 79.9. The number of benzene rings is 1. The zero-order valence-corrected chi connectivity index (χ0v) is 9.16. The van der Waals surface area contributed by atoms with Gasteiger partial charge in [-0.15, -0.1) is 0 Å². The average Bonchev–Trinajstić information content (AvgIpc) is 2.46. The monoisotopic (exact) mass is 254 g/mol. The van der Waals surface area contributed by atoms with E-state index >= 15 is 0 Å². The Hall–Kier alpha value is -1.00. The van der Waals surface area contributed by atoms with Gasteiger partial charge in [0.1, 0.15) is 5.75 Å². The second kappa shape index (κ2) is 3.63. The number of fused-ring (bicyclic) bond motifs is 1. The molecule has 0 saturated heterocycles. The largest absolute Gasteiger partial charge is 0.507 e. The molecular weight excluding hydrogens is 244 g/mol. The first kappa shape index (κ1) is 9.55. The van der Waals surface area contributed by atoms with Crippen molar-refractivity contribution in [3.05, 3.63) is 28.9 Å². The number of halogens is 1. The van der Waals surface area contributed by atoms with E-state index in [-0.39, 0.29) is 0 Å². The average molecular weight is 255 g/mol. The molecule has 14 heavy (non-hydrogen) atoms. The molecule has 0 aliphatic carbocycles. The van der Waals surface area contributed by atoms with Gasteiger partial charge < -0.3 is 15.4 Å². The molecule has 0 aliphatic heterocycles. The fraction of sp³-hybridized carbons (Fsp3) is 0.200. The summed E-state index contributed by atoms with van der Waals surface area (Å²) >= 11 is 3.42. The standard InChI is InChI=1S/C10H11BrN2O/c11-7-6-13(5-4-12)8-2-1-3-9(14)10(7)8/h1-3,6,14H,4-5,12H2. The number of nitrogens with two attached hydrogens (primary N) is 1. The van der Waals surface area contributed by atoms with Gasteiger partial charge in [-0.2, -0.15) is 0 Å². The number of hydrogen-bond donors (Lipinski definition) is 2. The molecule has 2 rings (SSSR count). The minimum absolute atomic E-state index is 0.296. The van der Waals surface area contributed by atoms with Gasteiger partial charge in [0, 0.05) is 23.8 Å². The lowest BCUT2D eigenvalue weighted by molar-refractivity contribution is 0.481. The van der Waals surface area contributed by atoms with E-state index in [1.165, 1.54) is 0 Å². The summed E-state index contributed by atoms with van der Waals surface area (Å²) in [6.45, 7) is 1.34. The van der Waals surface area contributed by atoms with Gasteiger partial charge in [-0.3, -0.25) is 0 Å². The summed E-state index contributed by atoms with van der Waals surface area (Å²) in [4.78, 5) is 0. The molecule has 1 aromatic heterocycles. The summed E-state index contributed by atoms with van der Waals surface area (Å²) in [7, 11) is 0. The molecule has 1 aromatic carbocycles. The van der Waals surface area contributed by atoms with Crippen LogP contribution in [0, 0.1) is 0 Å². The van der Waals surface area contributed by atoms with Crippen molar-refractivity contribution in [2.75, 3.05) is 6.54 Å². The Balaban J connectivity index is 2.71. The first-order valence-electron chi connectivity index (χ1n) is 4.40. The van der Waals surface area contributed by atoms with Crippen molar-refractivity contribution >= 4 is 26.8 Å². The lowest BCUT2D eigenvalue weighted by Gasteiger charge is -2.02. The van der Waals surface area contributed by atoms with Gasteiger partial charge in [-0.25, -0.2) is 0 Å². The molecule has 0 bridgehead atoms. The highest BCUT2D eigenvalue weighted by molar-refractivity contribution is 9.10. The van der Waals surface area contributed by atoms with Crippen LogP contribution >= 0.6 is 15.9 Å². The van der Waals surface area contributed by atoms with Gasteiger partial charge in [0.2, 0.25) is 0 Å². The van der Waals surface area contributed by atoms with E-state index in [1.807, 2.05) is 22.9 Å². The molecule has 3 N–H and O–H groups in total. The number of hydrogen-bond acceptors (Lipinski definition) is 2. The molecule has 0 unspecified atom stereocenters. The Bertz CT molecular complexity index is 464. The minimum atomic E-state index is 0.296. The van der Waals surface area contributed by atoms with E-state index in [0.717, 1.165) is 21.9 Å². The highest BCUT2D eigenvalue weighted by Gasteiger charge is 2.08. The van der Waals surface area contributed by atoms with Crippen LogP contribution in [-0.4, -0.2) is 16.2 Å². The van der Waals surface area contributed by atoms with Gasteiger partial charge in [-0.05, 0) is 28.1 Å². The quantitative estimate of drug-likeness (QED) is 0.863. The first-order valence-corrected chi connectivity index (χ1v) is 5.19.